The molecule has 0 radical (unpaired) electrons. The van der Waals surface area contributed by atoms with Crippen molar-refractivity contribution < 1.29 is 4.79 Å². The first-order valence-corrected chi connectivity index (χ1v) is 8.48. The average Bonchev–Trinajstić information content (AvgIpc) is 2.99. The maximum Gasteiger partial charge on any atom is 0.220 e. The van der Waals surface area contributed by atoms with E-state index < -0.39 is 0 Å². The molecule has 1 amide bonds. The first kappa shape index (κ1) is 15.4. The number of hydrogen-bond donors (Lipinski definition) is 2. The van der Waals surface area contributed by atoms with Gasteiger partial charge in [0.2, 0.25) is 5.91 Å². The van der Waals surface area contributed by atoms with Crippen molar-refractivity contribution in [3.05, 3.63) is 16.6 Å². The number of piperidine rings is 1. The van der Waals surface area contributed by atoms with Crippen molar-refractivity contribution in [2.75, 3.05) is 13.1 Å². The third-order valence-electron chi connectivity index (χ3n) is 4.14. The number of amides is 1. The normalized spacial score (nSPS) is 22.2. The molecule has 112 valence electrons. The van der Waals surface area contributed by atoms with Gasteiger partial charge in [-0.3, -0.25) is 4.79 Å². The number of carbonyl (C=O) groups is 1. The Hall–Kier alpha value is -0.940. The Labute approximate surface area is 125 Å². The molecule has 3 unspecified atom stereocenters. The Morgan fingerprint density at radius 2 is 2.50 bits per heavy atom. The molecule has 3 atom stereocenters. The molecule has 2 rings (SSSR count). The van der Waals surface area contributed by atoms with Crippen LogP contribution in [0.5, 0.6) is 0 Å². The largest absolute Gasteiger partial charge is 0.347 e. The van der Waals surface area contributed by atoms with Crippen LogP contribution in [0.2, 0.25) is 0 Å². The zero-order valence-corrected chi connectivity index (χ0v) is 13.2. The molecule has 20 heavy (non-hydrogen) atoms. The monoisotopic (exact) mass is 295 g/mol. The molecule has 0 aliphatic carbocycles. The summed E-state index contributed by atoms with van der Waals surface area (Å²) >= 11 is 1.61. The quantitative estimate of drug-likeness (QED) is 0.848. The maximum atomic E-state index is 12.2. The molecule has 2 heterocycles. The highest BCUT2D eigenvalue weighted by atomic mass is 32.1. The van der Waals surface area contributed by atoms with Crippen LogP contribution in [0.1, 0.15) is 50.6 Å². The van der Waals surface area contributed by atoms with Gasteiger partial charge in [-0.2, -0.15) is 0 Å². The van der Waals surface area contributed by atoms with Crippen LogP contribution in [0.4, 0.5) is 0 Å². The van der Waals surface area contributed by atoms with Crippen molar-refractivity contribution in [3.8, 4) is 0 Å². The molecule has 0 saturated carbocycles. The fraction of sp³-hybridized carbons (Fsp3) is 0.733. The van der Waals surface area contributed by atoms with E-state index in [-0.39, 0.29) is 11.9 Å². The third-order valence-corrected chi connectivity index (χ3v) is 5.03. The Morgan fingerprint density at radius 3 is 3.10 bits per heavy atom. The van der Waals surface area contributed by atoms with E-state index in [9.17, 15) is 4.79 Å². The van der Waals surface area contributed by atoms with Crippen LogP contribution in [0.15, 0.2) is 11.6 Å². The zero-order valence-electron chi connectivity index (χ0n) is 12.4. The molecule has 1 aliphatic heterocycles. The van der Waals surface area contributed by atoms with Gasteiger partial charge in [0, 0.05) is 18.0 Å². The first-order valence-electron chi connectivity index (χ1n) is 7.60. The minimum atomic E-state index is 0.0687. The fourth-order valence-corrected chi connectivity index (χ4v) is 3.59. The minimum absolute atomic E-state index is 0.0687. The molecular weight excluding hydrogens is 270 g/mol. The Bertz CT molecular complexity index is 401. The molecule has 2 N–H and O–H groups in total. The summed E-state index contributed by atoms with van der Waals surface area (Å²) in [5.41, 5.74) is 0. The van der Waals surface area contributed by atoms with E-state index >= 15 is 0 Å². The van der Waals surface area contributed by atoms with E-state index in [1.54, 1.807) is 17.5 Å². The summed E-state index contributed by atoms with van der Waals surface area (Å²) in [6, 6.07) is 0.0687. The van der Waals surface area contributed by atoms with Crippen molar-refractivity contribution in [3.63, 3.8) is 0 Å². The number of nitrogens with one attached hydrogen (secondary N) is 2. The second-order valence-corrected chi connectivity index (χ2v) is 6.61. The number of thiazole rings is 1. The molecule has 0 aromatic carbocycles. The van der Waals surface area contributed by atoms with Gasteiger partial charge in [0.15, 0.2) is 0 Å². The molecule has 0 bridgehead atoms. The Kier molecular flexibility index (Phi) is 5.98. The van der Waals surface area contributed by atoms with Crippen LogP contribution in [0.3, 0.4) is 0 Å². The topological polar surface area (TPSA) is 54.0 Å². The van der Waals surface area contributed by atoms with Crippen LogP contribution >= 0.6 is 11.3 Å². The second kappa shape index (κ2) is 7.74. The number of nitrogens with zero attached hydrogens (tertiary/aromatic N) is 1. The van der Waals surface area contributed by atoms with Crippen LogP contribution in [-0.4, -0.2) is 24.0 Å². The second-order valence-electron chi connectivity index (χ2n) is 5.69. The van der Waals surface area contributed by atoms with Crippen LogP contribution in [-0.2, 0) is 4.79 Å². The van der Waals surface area contributed by atoms with Gasteiger partial charge in [0.25, 0.3) is 0 Å². The Morgan fingerprint density at radius 1 is 1.65 bits per heavy atom. The molecule has 0 spiro atoms. The molecule has 4 nitrogen and oxygen atoms in total. The zero-order chi connectivity index (χ0) is 14.4. The summed E-state index contributed by atoms with van der Waals surface area (Å²) in [5, 5.41) is 9.52. The summed E-state index contributed by atoms with van der Waals surface area (Å²) < 4.78 is 0. The molecule has 1 aliphatic rings. The molecular formula is C15H25N3OS. The number of rotatable bonds is 6. The molecule has 1 fully saturated rings. The Balaban J connectivity index is 1.81. The SMILES string of the molecule is CCC(NC(=O)CC(C)C1CCCNC1)c1nccs1. The summed E-state index contributed by atoms with van der Waals surface area (Å²) in [6.45, 7) is 6.46. The van der Waals surface area contributed by atoms with Gasteiger partial charge in [0.05, 0.1) is 6.04 Å². The number of carbonyl (C=O) groups excluding carboxylic acids is 1. The highest BCUT2D eigenvalue weighted by molar-refractivity contribution is 7.09. The van der Waals surface area contributed by atoms with Crippen molar-refractivity contribution in [2.45, 2.75) is 45.6 Å². The standard InChI is InChI=1S/C15H25N3OS/c1-3-13(15-17-7-8-20-15)18-14(19)9-11(2)12-5-4-6-16-10-12/h7-8,11-13,16H,3-6,9-10H2,1-2H3,(H,18,19). The lowest BCUT2D eigenvalue weighted by Gasteiger charge is -2.28. The van der Waals surface area contributed by atoms with Gasteiger partial charge in [0.1, 0.15) is 5.01 Å². The fourth-order valence-electron chi connectivity index (χ4n) is 2.82. The highest BCUT2D eigenvalue weighted by Crippen LogP contribution is 2.24. The van der Waals surface area contributed by atoms with Gasteiger partial charge >= 0.3 is 0 Å². The van der Waals surface area contributed by atoms with E-state index in [4.69, 9.17) is 0 Å². The lowest BCUT2D eigenvalue weighted by Crippen LogP contribution is -2.36. The first-order chi connectivity index (χ1) is 9.70. The summed E-state index contributed by atoms with van der Waals surface area (Å²) in [7, 11) is 0. The number of aromatic nitrogens is 1. The highest BCUT2D eigenvalue weighted by Gasteiger charge is 2.23. The molecule has 1 saturated heterocycles. The summed E-state index contributed by atoms with van der Waals surface area (Å²) in [4.78, 5) is 16.5. The van der Waals surface area contributed by atoms with Gasteiger partial charge in [-0.25, -0.2) is 4.98 Å². The van der Waals surface area contributed by atoms with E-state index in [1.807, 2.05) is 5.38 Å². The molecule has 1 aromatic rings. The summed E-state index contributed by atoms with van der Waals surface area (Å²) in [6.07, 6.45) is 5.77. The van der Waals surface area contributed by atoms with E-state index in [0.29, 0.717) is 18.3 Å². The van der Waals surface area contributed by atoms with Crippen molar-refractivity contribution >= 4 is 17.2 Å². The van der Waals surface area contributed by atoms with Crippen LogP contribution in [0.25, 0.3) is 0 Å². The van der Waals surface area contributed by atoms with Gasteiger partial charge < -0.3 is 10.6 Å². The van der Waals surface area contributed by atoms with Gasteiger partial charge in [-0.15, -0.1) is 11.3 Å². The smallest absolute Gasteiger partial charge is 0.220 e. The molecule has 5 heteroatoms. The van der Waals surface area contributed by atoms with Crippen molar-refractivity contribution in [2.24, 2.45) is 11.8 Å². The maximum absolute atomic E-state index is 12.2. The summed E-state index contributed by atoms with van der Waals surface area (Å²) in [5.74, 6) is 1.23. The van der Waals surface area contributed by atoms with Crippen LogP contribution < -0.4 is 10.6 Å². The molecule has 1 aromatic heterocycles. The predicted octanol–water partition coefficient (Wildman–Crippen LogP) is 2.74. The van der Waals surface area contributed by atoms with Gasteiger partial charge in [-0.1, -0.05) is 13.8 Å². The lowest BCUT2D eigenvalue weighted by atomic mass is 9.85. The third kappa shape index (κ3) is 4.28. The predicted molar refractivity (Wildman–Crippen MR) is 82.7 cm³/mol. The van der Waals surface area contributed by atoms with E-state index in [0.717, 1.165) is 24.5 Å². The van der Waals surface area contributed by atoms with E-state index in [1.165, 1.54) is 12.8 Å². The van der Waals surface area contributed by atoms with Crippen LogP contribution in [0, 0.1) is 11.8 Å². The average molecular weight is 295 g/mol. The lowest BCUT2D eigenvalue weighted by molar-refractivity contribution is -0.123. The van der Waals surface area contributed by atoms with E-state index in [2.05, 4.69) is 29.5 Å². The van der Waals surface area contributed by atoms with Crippen molar-refractivity contribution in [1.82, 2.24) is 15.6 Å². The number of hydrogen-bond acceptors (Lipinski definition) is 4. The van der Waals surface area contributed by atoms with Gasteiger partial charge in [-0.05, 0) is 44.2 Å². The minimum Gasteiger partial charge on any atom is -0.347 e. The van der Waals surface area contributed by atoms with Crippen molar-refractivity contribution in [1.29, 1.82) is 0 Å².